The highest BCUT2D eigenvalue weighted by atomic mass is 79.9. The van der Waals surface area contributed by atoms with Crippen LogP contribution >= 0.6 is 15.9 Å². The molecule has 0 saturated heterocycles. The Labute approximate surface area is 123 Å². The summed E-state index contributed by atoms with van der Waals surface area (Å²) in [5.74, 6) is -2.57. The summed E-state index contributed by atoms with van der Waals surface area (Å²) in [6.45, 7) is 0.493. The molecule has 0 heterocycles. The highest BCUT2D eigenvalue weighted by Crippen LogP contribution is 2.20. The van der Waals surface area contributed by atoms with Crippen molar-refractivity contribution >= 4 is 39.6 Å². The van der Waals surface area contributed by atoms with Crippen LogP contribution in [0, 0.1) is 6.92 Å². The second-order valence-corrected chi connectivity index (χ2v) is 4.89. The van der Waals surface area contributed by atoms with E-state index in [1.165, 1.54) is 0 Å². The van der Waals surface area contributed by atoms with Crippen molar-refractivity contribution in [1.29, 1.82) is 0 Å². The molecule has 0 aliphatic rings. The fourth-order valence-corrected chi connectivity index (χ4v) is 1.78. The monoisotopic (exact) mass is 344 g/mol. The minimum atomic E-state index is -1.29. The molecule has 0 fully saturated rings. The molecular formula is C12H13BrN2O5. The first-order valence-electron chi connectivity index (χ1n) is 5.55. The average Bonchev–Trinajstić information content (AvgIpc) is 2.32. The van der Waals surface area contributed by atoms with Gasteiger partial charge in [0.1, 0.15) is 13.1 Å². The second-order valence-electron chi connectivity index (χ2n) is 4.04. The Morgan fingerprint density at radius 3 is 2.20 bits per heavy atom. The minimum Gasteiger partial charge on any atom is -0.480 e. The van der Waals surface area contributed by atoms with E-state index in [1.54, 1.807) is 18.2 Å². The Morgan fingerprint density at radius 2 is 1.75 bits per heavy atom. The molecule has 1 aromatic rings. The second kappa shape index (κ2) is 6.90. The van der Waals surface area contributed by atoms with Crippen molar-refractivity contribution in [3.63, 3.8) is 0 Å². The van der Waals surface area contributed by atoms with Crippen LogP contribution in [-0.2, 0) is 9.59 Å². The molecule has 1 aromatic carbocycles. The molecular weight excluding hydrogens is 332 g/mol. The van der Waals surface area contributed by atoms with Gasteiger partial charge in [-0.05, 0) is 24.6 Å². The van der Waals surface area contributed by atoms with Crippen LogP contribution < -0.4 is 5.32 Å². The lowest BCUT2D eigenvalue weighted by Crippen LogP contribution is -2.41. The van der Waals surface area contributed by atoms with E-state index in [0.29, 0.717) is 10.6 Å². The van der Waals surface area contributed by atoms with E-state index in [0.717, 1.165) is 10.0 Å². The number of halogens is 1. The molecule has 0 aliphatic heterocycles. The summed E-state index contributed by atoms with van der Waals surface area (Å²) in [5, 5.41) is 19.8. The number of anilines is 1. The molecule has 20 heavy (non-hydrogen) atoms. The Kier molecular flexibility index (Phi) is 5.51. The summed E-state index contributed by atoms with van der Waals surface area (Å²) >= 11 is 3.30. The van der Waals surface area contributed by atoms with Crippen LogP contribution in [0.1, 0.15) is 5.56 Å². The number of nitrogens with one attached hydrogen (secondary N) is 1. The van der Waals surface area contributed by atoms with E-state index in [1.807, 2.05) is 6.92 Å². The van der Waals surface area contributed by atoms with Crippen molar-refractivity contribution < 1.29 is 24.6 Å². The number of carbonyl (C=O) groups is 3. The summed E-state index contributed by atoms with van der Waals surface area (Å²) < 4.78 is 0.776. The van der Waals surface area contributed by atoms with Crippen LogP contribution in [0.15, 0.2) is 22.7 Å². The molecule has 0 aliphatic carbocycles. The van der Waals surface area contributed by atoms with Gasteiger partial charge in [0.2, 0.25) is 0 Å². The van der Waals surface area contributed by atoms with E-state index >= 15 is 0 Å². The van der Waals surface area contributed by atoms with Gasteiger partial charge in [0.15, 0.2) is 0 Å². The molecule has 0 bridgehead atoms. The summed E-state index contributed by atoms with van der Waals surface area (Å²) in [6, 6.07) is 4.26. The number of benzene rings is 1. The standard InChI is InChI=1S/C12H13BrN2O5/c1-7-2-3-8(4-9(7)13)14-12(20)15(5-10(16)17)6-11(18)19/h2-4H,5-6H2,1H3,(H,14,20)(H,16,17)(H,18,19). The first kappa shape index (κ1) is 16.0. The van der Waals surface area contributed by atoms with Crippen LogP contribution in [-0.4, -0.2) is 46.2 Å². The van der Waals surface area contributed by atoms with Gasteiger partial charge in [-0.1, -0.05) is 22.0 Å². The number of urea groups is 1. The van der Waals surface area contributed by atoms with Crippen molar-refractivity contribution in [2.45, 2.75) is 6.92 Å². The van der Waals surface area contributed by atoms with Gasteiger partial charge >= 0.3 is 18.0 Å². The van der Waals surface area contributed by atoms with Crippen LogP contribution in [0.25, 0.3) is 0 Å². The van der Waals surface area contributed by atoms with Crippen molar-refractivity contribution in [2.24, 2.45) is 0 Å². The normalized spacial score (nSPS) is 9.90. The molecule has 0 spiro atoms. The van der Waals surface area contributed by atoms with Gasteiger partial charge in [-0.15, -0.1) is 0 Å². The lowest BCUT2D eigenvalue weighted by Gasteiger charge is -2.19. The van der Waals surface area contributed by atoms with Crippen molar-refractivity contribution in [2.75, 3.05) is 18.4 Å². The van der Waals surface area contributed by atoms with Gasteiger partial charge in [0.25, 0.3) is 0 Å². The fraction of sp³-hybridized carbons (Fsp3) is 0.250. The van der Waals surface area contributed by atoms with Crippen molar-refractivity contribution in [1.82, 2.24) is 4.90 Å². The molecule has 0 saturated carbocycles. The summed E-state index contributed by atoms with van der Waals surface area (Å²) in [5.41, 5.74) is 1.41. The number of aliphatic carboxylic acids is 2. The zero-order chi connectivity index (χ0) is 15.3. The smallest absolute Gasteiger partial charge is 0.323 e. The fourth-order valence-electron chi connectivity index (χ4n) is 1.40. The van der Waals surface area contributed by atoms with E-state index in [2.05, 4.69) is 21.2 Å². The molecule has 8 heteroatoms. The molecule has 2 amide bonds. The van der Waals surface area contributed by atoms with Crippen LogP contribution in [0.4, 0.5) is 10.5 Å². The third-order valence-electron chi connectivity index (χ3n) is 2.36. The summed E-state index contributed by atoms with van der Waals surface area (Å²) in [7, 11) is 0. The molecule has 1 rings (SSSR count). The Balaban J connectivity index is 2.81. The van der Waals surface area contributed by atoms with Gasteiger partial charge in [0.05, 0.1) is 0 Å². The average molecular weight is 345 g/mol. The van der Waals surface area contributed by atoms with E-state index in [-0.39, 0.29) is 0 Å². The number of hydrogen-bond donors (Lipinski definition) is 3. The molecule has 0 radical (unpaired) electrons. The maximum Gasteiger partial charge on any atom is 0.323 e. The zero-order valence-corrected chi connectivity index (χ0v) is 12.2. The number of hydrogen-bond acceptors (Lipinski definition) is 3. The van der Waals surface area contributed by atoms with E-state index in [9.17, 15) is 14.4 Å². The van der Waals surface area contributed by atoms with Crippen LogP contribution in [0.3, 0.4) is 0 Å². The van der Waals surface area contributed by atoms with Gasteiger partial charge < -0.3 is 20.4 Å². The van der Waals surface area contributed by atoms with Gasteiger partial charge in [-0.25, -0.2) is 4.79 Å². The first-order valence-corrected chi connectivity index (χ1v) is 6.34. The Hall–Kier alpha value is -2.09. The zero-order valence-electron chi connectivity index (χ0n) is 10.6. The highest BCUT2D eigenvalue weighted by Gasteiger charge is 2.19. The quantitative estimate of drug-likeness (QED) is 0.754. The van der Waals surface area contributed by atoms with Gasteiger partial charge in [-0.2, -0.15) is 0 Å². The number of carboxylic acid groups (broad SMARTS) is 2. The molecule has 0 atom stereocenters. The van der Waals surface area contributed by atoms with E-state index < -0.39 is 31.1 Å². The topological polar surface area (TPSA) is 107 Å². The van der Waals surface area contributed by atoms with E-state index in [4.69, 9.17) is 10.2 Å². The Morgan fingerprint density at radius 1 is 1.20 bits per heavy atom. The van der Waals surface area contributed by atoms with Gasteiger partial charge in [-0.3, -0.25) is 9.59 Å². The molecule has 0 aromatic heterocycles. The molecule has 7 nitrogen and oxygen atoms in total. The SMILES string of the molecule is Cc1ccc(NC(=O)N(CC(=O)O)CC(=O)O)cc1Br. The largest absolute Gasteiger partial charge is 0.480 e. The molecule has 0 unspecified atom stereocenters. The van der Waals surface area contributed by atoms with Crippen molar-refractivity contribution in [3.8, 4) is 0 Å². The third-order valence-corrected chi connectivity index (χ3v) is 3.22. The number of carbonyl (C=O) groups excluding carboxylic acids is 1. The highest BCUT2D eigenvalue weighted by molar-refractivity contribution is 9.10. The maximum atomic E-state index is 11.9. The van der Waals surface area contributed by atoms with Crippen LogP contribution in [0.5, 0.6) is 0 Å². The number of nitrogens with zero attached hydrogens (tertiary/aromatic N) is 1. The first-order chi connectivity index (χ1) is 9.29. The number of carboxylic acids is 2. The Bertz CT molecular complexity index is 531. The number of amides is 2. The van der Waals surface area contributed by atoms with Crippen molar-refractivity contribution in [3.05, 3.63) is 28.2 Å². The van der Waals surface area contributed by atoms with Gasteiger partial charge in [0, 0.05) is 10.2 Å². The predicted octanol–water partition coefficient (Wildman–Crippen LogP) is 1.76. The lowest BCUT2D eigenvalue weighted by molar-refractivity contribution is -0.140. The lowest BCUT2D eigenvalue weighted by atomic mass is 10.2. The van der Waals surface area contributed by atoms with Crippen LogP contribution in [0.2, 0.25) is 0 Å². The predicted molar refractivity (Wildman–Crippen MR) is 74.7 cm³/mol. The number of aryl methyl sites for hydroxylation is 1. The number of rotatable bonds is 5. The summed E-state index contributed by atoms with van der Waals surface area (Å²) in [6.07, 6.45) is 0. The molecule has 3 N–H and O–H groups in total. The third kappa shape index (κ3) is 4.88. The molecule has 108 valence electrons. The maximum absolute atomic E-state index is 11.9. The minimum absolute atomic E-state index is 0.438. The summed E-state index contributed by atoms with van der Waals surface area (Å²) in [4.78, 5) is 33.8.